The van der Waals surface area contributed by atoms with E-state index in [9.17, 15) is 14.0 Å². The summed E-state index contributed by atoms with van der Waals surface area (Å²) in [5, 5.41) is 2.97. The van der Waals surface area contributed by atoms with Crippen molar-refractivity contribution >= 4 is 11.8 Å². The van der Waals surface area contributed by atoms with Gasteiger partial charge in [-0.15, -0.1) is 0 Å². The second kappa shape index (κ2) is 8.52. The van der Waals surface area contributed by atoms with Gasteiger partial charge < -0.3 is 15.0 Å². The van der Waals surface area contributed by atoms with Gasteiger partial charge in [-0.05, 0) is 43.2 Å². The highest BCUT2D eigenvalue weighted by Crippen LogP contribution is 2.42. The molecule has 0 radical (unpaired) electrons. The zero-order valence-corrected chi connectivity index (χ0v) is 16.3. The maximum Gasteiger partial charge on any atom is 0.254 e. The lowest BCUT2D eigenvalue weighted by Gasteiger charge is -2.42. The van der Waals surface area contributed by atoms with Crippen molar-refractivity contribution in [2.75, 3.05) is 20.3 Å². The minimum Gasteiger partial charge on any atom is -0.383 e. The molecule has 0 saturated heterocycles. The molecule has 0 saturated carbocycles. The third-order valence-corrected chi connectivity index (χ3v) is 4.90. The maximum absolute atomic E-state index is 13.5. The summed E-state index contributed by atoms with van der Waals surface area (Å²) in [4.78, 5) is 28.1. The number of halogens is 1. The van der Waals surface area contributed by atoms with Crippen LogP contribution in [0.4, 0.5) is 4.39 Å². The van der Waals surface area contributed by atoms with Crippen molar-refractivity contribution in [3.05, 3.63) is 71.0 Å². The van der Waals surface area contributed by atoms with Crippen molar-refractivity contribution in [3.8, 4) is 0 Å². The fraction of sp³-hybridized carbons (Fsp3) is 0.364. The van der Waals surface area contributed by atoms with E-state index < -0.39 is 12.0 Å². The largest absolute Gasteiger partial charge is 0.383 e. The molecule has 0 fully saturated rings. The molecule has 0 aromatic heterocycles. The lowest BCUT2D eigenvalue weighted by Crippen LogP contribution is -2.49. The highest BCUT2D eigenvalue weighted by atomic mass is 19.1. The summed E-state index contributed by atoms with van der Waals surface area (Å²) in [7, 11) is 1.57. The SMILES string of the molecule is COCCN1C(=O)c2ccccc2C(C(=O)NC(C)C)C1c1ccc(F)cc1. The van der Waals surface area contributed by atoms with Crippen LogP contribution in [0.5, 0.6) is 0 Å². The lowest BCUT2D eigenvalue weighted by atomic mass is 9.79. The highest BCUT2D eigenvalue weighted by Gasteiger charge is 2.43. The van der Waals surface area contributed by atoms with Crippen molar-refractivity contribution in [1.29, 1.82) is 0 Å². The van der Waals surface area contributed by atoms with E-state index in [1.807, 2.05) is 26.0 Å². The number of benzene rings is 2. The molecule has 2 amide bonds. The first-order chi connectivity index (χ1) is 13.4. The molecule has 148 valence electrons. The number of hydrogen-bond acceptors (Lipinski definition) is 3. The minimum absolute atomic E-state index is 0.0430. The van der Waals surface area contributed by atoms with Crippen LogP contribution in [-0.4, -0.2) is 43.0 Å². The van der Waals surface area contributed by atoms with Crippen LogP contribution in [0.2, 0.25) is 0 Å². The number of nitrogens with one attached hydrogen (secondary N) is 1. The Labute approximate surface area is 164 Å². The monoisotopic (exact) mass is 384 g/mol. The van der Waals surface area contributed by atoms with Crippen molar-refractivity contribution in [2.24, 2.45) is 0 Å². The Hall–Kier alpha value is -2.73. The molecule has 5 nitrogen and oxygen atoms in total. The number of fused-ring (bicyclic) bond motifs is 1. The lowest BCUT2D eigenvalue weighted by molar-refractivity contribution is -0.124. The van der Waals surface area contributed by atoms with Gasteiger partial charge in [0, 0.05) is 25.3 Å². The van der Waals surface area contributed by atoms with Crippen LogP contribution in [0.25, 0.3) is 0 Å². The smallest absolute Gasteiger partial charge is 0.254 e. The van der Waals surface area contributed by atoms with Crippen LogP contribution in [0, 0.1) is 5.82 Å². The summed E-state index contributed by atoms with van der Waals surface area (Å²) in [6, 6.07) is 12.6. The topological polar surface area (TPSA) is 58.6 Å². The summed E-state index contributed by atoms with van der Waals surface area (Å²) in [6.45, 7) is 4.46. The van der Waals surface area contributed by atoms with E-state index in [1.54, 1.807) is 36.3 Å². The Balaban J connectivity index is 2.16. The van der Waals surface area contributed by atoms with E-state index in [0.29, 0.717) is 29.8 Å². The van der Waals surface area contributed by atoms with E-state index in [2.05, 4.69) is 5.32 Å². The number of ether oxygens (including phenoxy) is 1. The van der Waals surface area contributed by atoms with Gasteiger partial charge in [0.25, 0.3) is 5.91 Å². The molecule has 28 heavy (non-hydrogen) atoms. The summed E-state index contributed by atoms with van der Waals surface area (Å²) < 4.78 is 18.7. The Morgan fingerprint density at radius 3 is 2.50 bits per heavy atom. The number of hydrogen-bond donors (Lipinski definition) is 1. The van der Waals surface area contributed by atoms with E-state index in [0.717, 1.165) is 0 Å². The molecule has 6 heteroatoms. The first-order valence-corrected chi connectivity index (χ1v) is 9.38. The molecule has 3 rings (SSSR count). The molecule has 0 spiro atoms. The average molecular weight is 384 g/mol. The van der Waals surface area contributed by atoms with Gasteiger partial charge in [0.2, 0.25) is 5.91 Å². The maximum atomic E-state index is 13.5. The van der Waals surface area contributed by atoms with Crippen LogP contribution in [0.15, 0.2) is 48.5 Å². The molecule has 1 aliphatic rings. The van der Waals surface area contributed by atoms with Gasteiger partial charge in [-0.3, -0.25) is 9.59 Å². The third kappa shape index (κ3) is 3.92. The van der Waals surface area contributed by atoms with Gasteiger partial charge in [0.15, 0.2) is 0 Å². The first-order valence-electron chi connectivity index (χ1n) is 9.38. The van der Waals surface area contributed by atoms with Gasteiger partial charge in [0.05, 0.1) is 18.6 Å². The van der Waals surface area contributed by atoms with E-state index in [4.69, 9.17) is 4.74 Å². The summed E-state index contributed by atoms with van der Waals surface area (Å²) in [5.74, 6) is -1.28. The van der Waals surface area contributed by atoms with Crippen LogP contribution in [0.1, 0.15) is 47.3 Å². The van der Waals surface area contributed by atoms with Crippen molar-refractivity contribution in [1.82, 2.24) is 10.2 Å². The number of nitrogens with zero attached hydrogens (tertiary/aromatic N) is 1. The molecule has 0 aliphatic carbocycles. The fourth-order valence-corrected chi connectivity index (χ4v) is 3.72. The molecular weight excluding hydrogens is 359 g/mol. The Morgan fingerprint density at radius 2 is 1.86 bits per heavy atom. The van der Waals surface area contributed by atoms with Crippen molar-refractivity contribution in [3.63, 3.8) is 0 Å². The summed E-state index contributed by atoms with van der Waals surface area (Å²) in [5.41, 5.74) is 1.92. The molecule has 1 heterocycles. The number of carbonyl (C=O) groups is 2. The van der Waals surface area contributed by atoms with Crippen LogP contribution < -0.4 is 5.32 Å². The second-order valence-electron chi connectivity index (χ2n) is 7.22. The molecular formula is C22H25FN2O3. The predicted octanol–water partition coefficient (Wildman–Crippen LogP) is 3.28. The van der Waals surface area contributed by atoms with Gasteiger partial charge in [-0.25, -0.2) is 4.39 Å². The van der Waals surface area contributed by atoms with Crippen LogP contribution in [0.3, 0.4) is 0 Å². The number of carbonyl (C=O) groups excluding carboxylic acids is 2. The predicted molar refractivity (Wildman–Crippen MR) is 105 cm³/mol. The Morgan fingerprint density at radius 1 is 1.18 bits per heavy atom. The molecule has 0 bridgehead atoms. The van der Waals surface area contributed by atoms with Gasteiger partial charge in [0.1, 0.15) is 5.82 Å². The molecule has 1 aliphatic heterocycles. The normalized spacial score (nSPS) is 18.9. The van der Waals surface area contributed by atoms with Crippen molar-refractivity contribution in [2.45, 2.75) is 31.8 Å². The van der Waals surface area contributed by atoms with Crippen LogP contribution in [-0.2, 0) is 9.53 Å². The van der Waals surface area contributed by atoms with Crippen LogP contribution >= 0.6 is 0 Å². The minimum atomic E-state index is -0.599. The Bertz CT molecular complexity index is 851. The molecule has 2 unspecified atom stereocenters. The van der Waals surface area contributed by atoms with Gasteiger partial charge in [-0.1, -0.05) is 30.3 Å². The third-order valence-electron chi connectivity index (χ3n) is 4.90. The molecule has 2 aromatic rings. The zero-order valence-electron chi connectivity index (χ0n) is 16.3. The summed E-state index contributed by atoms with van der Waals surface area (Å²) in [6.07, 6.45) is 0. The van der Waals surface area contributed by atoms with E-state index in [1.165, 1.54) is 12.1 Å². The number of methoxy groups -OCH3 is 1. The molecule has 2 aromatic carbocycles. The van der Waals surface area contributed by atoms with E-state index in [-0.39, 0.29) is 23.7 Å². The first kappa shape index (κ1) is 20.0. The van der Waals surface area contributed by atoms with Crippen molar-refractivity contribution < 1.29 is 18.7 Å². The highest BCUT2D eigenvalue weighted by molar-refractivity contribution is 6.01. The Kier molecular flexibility index (Phi) is 6.09. The summed E-state index contributed by atoms with van der Waals surface area (Å²) >= 11 is 0. The van der Waals surface area contributed by atoms with Gasteiger partial charge >= 0.3 is 0 Å². The van der Waals surface area contributed by atoms with E-state index >= 15 is 0 Å². The fourth-order valence-electron chi connectivity index (χ4n) is 3.72. The average Bonchev–Trinajstić information content (AvgIpc) is 2.67. The molecule has 1 N–H and O–H groups in total. The molecule has 2 atom stereocenters. The van der Waals surface area contributed by atoms with Gasteiger partial charge in [-0.2, -0.15) is 0 Å². The quantitative estimate of drug-likeness (QED) is 0.832. The number of amides is 2. The number of rotatable bonds is 6. The second-order valence-corrected chi connectivity index (χ2v) is 7.22. The zero-order chi connectivity index (χ0) is 20.3. The standard InChI is InChI=1S/C22H25FN2O3/c1-14(2)24-21(26)19-17-6-4-5-7-18(17)22(27)25(12-13-28-3)20(19)15-8-10-16(23)11-9-15/h4-11,14,19-20H,12-13H2,1-3H3,(H,24,26).